The number of nitrogens with zero attached hydrogens (tertiary/aromatic N) is 2. The molecule has 0 unspecified atom stereocenters. The summed E-state index contributed by atoms with van der Waals surface area (Å²) in [5.74, 6) is 1.58. The highest BCUT2D eigenvalue weighted by molar-refractivity contribution is 5.87. The Labute approximate surface area is 118 Å². The molecule has 106 valence electrons. The fourth-order valence-corrected chi connectivity index (χ4v) is 5.44. The number of carbonyl (C=O) groups is 1. The summed E-state index contributed by atoms with van der Waals surface area (Å²) in [6, 6.07) is 0. The fraction of sp³-hybridized carbons (Fsp3) is 0.625. The summed E-state index contributed by atoms with van der Waals surface area (Å²) in [5, 5.41) is 9.27. The number of carboxylic acid groups (broad SMARTS) is 1. The van der Waals surface area contributed by atoms with Crippen molar-refractivity contribution in [3.8, 4) is 0 Å². The summed E-state index contributed by atoms with van der Waals surface area (Å²) in [5.41, 5.74) is 1.04. The van der Waals surface area contributed by atoms with E-state index in [1.807, 2.05) is 10.8 Å². The maximum Gasteiger partial charge on any atom is 0.330 e. The molecular formula is C16H20N2O2. The number of hydrogen-bond donors (Lipinski definition) is 1. The van der Waals surface area contributed by atoms with E-state index in [-0.39, 0.29) is 5.41 Å². The first kappa shape index (κ1) is 12.2. The highest BCUT2D eigenvalue weighted by Crippen LogP contribution is 2.63. The van der Waals surface area contributed by atoms with Gasteiger partial charge in [0.25, 0.3) is 0 Å². The van der Waals surface area contributed by atoms with Gasteiger partial charge in [0.05, 0.1) is 6.33 Å². The van der Waals surface area contributed by atoms with E-state index in [2.05, 4.69) is 4.98 Å². The SMILES string of the molecule is O=C(O)/C=C(/n1ccnc1)C12CC3CC(CC(C3)C1)C2. The lowest BCUT2D eigenvalue weighted by Gasteiger charge is -2.57. The van der Waals surface area contributed by atoms with Crippen molar-refractivity contribution < 1.29 is 9.90 Å². The molecule has 1 aromatic rings. The van der Waals surface area contributed by atoms with E-state index in [0.29, 0.717) is 0 Å². The lowest BCUT2D eigenvalue weighted by atomic mass is 9.48. The molecule has 4 heteroatoms. The highest BCUT2D eigenvalue weighted by Gasteiger charge is 2.53. The molecule has 1 heterocycles. The fourth-order valence-electron chi connectivity index (χ4n) is 5.44. The number of allylic oxidation sites excluding steroid dienone is 1. The van der Waals surface area contributed by atoms with Gasteiger partial charge in [-0.15, -0.1) is 0 Å². The molecule has 0 saturated heterocycles. The van der Waals surface area contributed by atoms with Gasteiger partial charge in [-0.1, -0.05) is 0 Å². The second kappa shape index (κ2) is 4.21. The van der Waals surface area contributed by atoms with Gasteiger partial charge in [-0.3, -0.25) is 0 Å². The Balaban J connectivity index is 1.78. The molecule has 0 aliphatic heterocycles. The van der Waals surface area contributed by atoms with Gasteiger partial charge in [-0.25, -0.2) is 9.78 Å². The molecule has 4 aliphatic carbocycles. The van der Waals surface area contributed by atoms with Crippen molar-refractivity contribution in [3.63, 3.8) is 0 Å². The molecule has 1 aromatic heterocycles. The van der Waals surface area contributed by atoms with Gasteiger partial charge < -0.3 is 9.67 Å². The van der Waals surface area contributed by atoms with Crippen LogP contribution in [0.5, 0.6) is 0 Å². The van der Waals surface area contributed by atoms with Crippen LogP contribution in [0, 0.1) is 23.2 Å². The van der Waals surface area contributed by atoms with Crippen molar-refractivity contribution in [2.24, 2.45) is 23.2 Å². The molecule has 1 N–H and O–H groups in total. The molecule has 4 bridgehead atoms. The zero-order chi connectivity index (χ0) is 13.7. The molecule has 4 saturated carbocycles. The van der Waals surface area contributed by atoms with E-state index in [9.17, 15) is 9.90 Å². The van der Waals surface area contributed by atoms with E-state index < -0.39 is 5.97 Å². The third-order valence-electron chi connectivity index (χ3n) is 5.62. The van der Waals surface area contributed by atoms with Crippen LogP contribution in [0.3, 0.4) is 0 Å². The summed E-state index contributed by atoms with van der Waals surface area (Å²) in [4.78, 5) is 15.4. The van der Waals surface area contributed by atoms with Gasteiger partial charge in [0.15, 0.2) is 0 Å². The van der Waals surface area contributed by atoms with Gasteiger partial charge >= 0.3 is 5.97 Å². The minimum atomic E-state index is -0.843. The molecule has 0 amide bonds. The second-order valence-corrected chi connectivity index (χ2v) is 7.04. The van der Waals surface area contributed by atoms with Crippen LogP contribution in [-0.4, -0.2) is 20.6 Å². The second-order valence-electron chi connectivity index (χ2n) is 7.04. The molecule has 4 fully saturated rings. The van der Waals surface area contributed by atoms with E-state index in [1.165, 1.54) is 25.3 Å². The van der Waals surface area contributed by atoms with Crippen LogP contribution in [0.4, 0.5) is 0 Å². The summed E-state index contributed by atoms with van der Waals surface area (Å²) >= 11 is 0. The monoisotopic (exact) mass is 272 g/mol. The Morgan fingerprint density at radius 2 is 1.80 bits per heavy atom. The Morgan fingerprint density at radius 3 is 2.25 bits per heavy atom. The number of carboxylic acids is 1. The molecular weight excluding hydrogens is 252 g/mol. The molecule has 0 spiro atoms. The van der Waals surface area contributed by atoms with Gasteiger partial charge in [-0.2, -0.15) is 0 Å². The van der Waals surface area contributed by atoms with E-state index in [4.69, 9.17) is 0 Å². The van der Waals surface area contributed by atoms with Crippen LogP contribution in [0.25, 0.3) is 5.70 Å². The van der Waals surface area contributed by atoms with Crippen molar-refractivity contribution in [1.29, 1.82) is 0 Å². The summed E-state index contributed by atoms with van der Waals surface area (Å²) in [6.45, 7) is 0. The van der Waals surface area contributed by atoms with Gasteiger partial charge in [0.2, 0.25) is 0 Å². The van der Waals surface area contributed by atoms with E-state index in [1.54, 1.807) is 12.5 Å². The Hall–Kier alpha value is -1.58. The maximum atomic E-state index is 11.3. The van der Waals surface area contributed by atoms with Gasteiger partial charge in [0.1, 0.15) is 0 Å². The lowest BCUT2D eigenvalue weighted by molar-refractivity contribution is -0.131. The van der Waals surface area contributed by atoms with Crippen molar-refractivity contribution in [2.75, 3.05) is 0 Å². The maximum absolute atomic E-state index is 11.3. The smallest absolute Gasteiger partial charge is 0.330 e. The number of rotatable bonds is 3. The number of aliphatic carboxylic acids is 1. The zero-order valence-corrected chi connectivity index (χ0v) is 11.5. The predicted octanol–water partition coefficient (Wildman–Crippen LogP) is 3.03. The molecule has 0 aromatic carbocycles. The number of hydrogen-bond acceptors (Lipinski definition) is 2. The van der Waals surface area contributed by atoms with Crippen LogP contribution < -0.4 is 0 Å². The molecule has 4 aliphatic rings. The molecule has 0 radical (unpaired) electrons. The minimum absolute atomic E-state index is 0.0772. The largest absolute Gasteiger partial charge is 0.478 e. The molecule has 0 atom stereocenters. The van der Waals surface area contributed by atoms with Crippen molar-refractivity contribution in [3.05, 3.63) is 24.8 Å². The summed E-state index contributed by atoms with van der Waals surface area (Å²) in [6.07, 6.45) is 14.4. The average molecular weight is 272 g/mol. The Kier molecular flexibility index (Phi) is 2.56. The third-order valence-corrected chi connectivity index (χ3v) is 5.62. The first-order valence-corrected chi connectivity index (χ1v) is 7.58. The molecule has 4 nitrogen and oxygen atoms in total. The standard InChI is InChI=1S/C16H20N2O2/c19-15(20)6-14(18-2-1-17-10-18)16-7-11-3-12(8-16)5-13(4-11)9-16/h1-2,6,10-13H,3-5,7-9H2,(H,19,20)/b14-6+. The normalized spacial score (nSPS) is 39.2. The van der Waals surface area contributed by atoms with Crippen LogP contribution >= 0.6 is 0 Å². The Bertz CT molecular complexity index is 524. The summed E-state index contributed by atoms with van der Waals surface area (Å²) in [7, 11) is 0. The zero-order valence-electron chi connectivity index (χ0n) is 11.5. The van der Waals surface area contributed by atoms with E-state index >= 15 is 0 Å². The van der Waals surface area contributed by atoms with Gasteiger partial charge in [-0.05, 0) is 56.3 Å². The average Bonchev–Trinajstić information content (AvgIpc) is 2.87. The Morgan fingerprint density at radius 1 is 1.20 bits per heavy atom. The third kappa shape index (κ3) is 1.81. The highest BCUT2D eigenvalue weighted by atomic mass is 16.4. The van der Waals surface area contributed by atoms with Crippen LogP contribution in [0.15, 0.2) is 24.8 Å². The first-order valence-electron chi connectivity index (χ1n) is 7.58. The quantitative estimate of drug-likeness (QED) is 0.860. The van der Waals surface area contributed by atoms with Crippen LogP contribution in [0.2, 0.25) is 0 Å². The van der Waals surface area contributed by atoms with Crippen molar-refractivity contribution >= 4 is 11.7 Å². The number of imidazole rings is 1. The summed E-state index contributed by atoms with van der Waals surface area (Å²) < 4.78 is 1.93. The number of aromatic nitrogens is 2. The van der Waals surface area contributed by atoms with Crippen LogP contribution in [0.1, 0.15) is 38.5 Å². The minimum Gasteiger partial charge on any atom is -0.478 e. The van der Waals surface area contributed by atoms with Crippen molar-refractivity contribution in [2.45, 2.75) is 38.5 Å². The van der Waals surface area contributed by atoms with Gasteiger partial charge in [0, 0.05) is 29.6 Å². The van der Waals surface area contributed by atoms with Crippen molar-refractivity contribution in [1.82, 2.24) is 9.55 Å². The molecule has 20 heavy (non-hydrogen) atoms. The first-order chi connectivity index (χ1) is 9.64. The predicted molar refractivity (Wildman–Crippen MR) is 74.7 cm³/mol. The lowest BCUT2D eigenvalue weighted by Crippen LogP contribution is -2.47. The topological polar surface area (TPSA) is 55.1 Å². The molecule has 5 rings (SSSR count). The van der Waals surface area contributed by atoms with E-state index in [0.717, 1.165) is 42.7 Å². The van der Waals surface area contributed by atoms with Crippen LogP contribution in [-0.2, 0) is 4.79 Å².